The van der Waals surface area contributed by atoms with Crippen molar-refractivity contribution >= 4 is 23.5 Å². The van der Waals surface area contributed by atoms with Gasteiger partial charge in [-0.3, -0.25) is 9.59 Å². The zero-order valence-electron chi connectivity index (χ0n) is 10.5. The van der Waals surface area contributed by atoms with Gasteiger partial charge in [0.25, 0.3) is 5.91 Å². The molecular formula is C14H13ClN2O3. The number of hydrogen-bond donors (Lipinski definition) is 3. The lowest BCUT2D eigenvalue weighted by Crippen LogP contribution is -2.24. The fourth-order valence-electron chi connectivity index (χ4n) is 1.84. The summed E-state index contributed by atoms with van der Waals surface area (Å²) >= 11 is 5.73. The number of H-pyrrole nitrogens is 1. The summed E-state index contributed by atoms with van der Waals surface area (Å²) in [4.78, 5) is 25.4. The second-order valence-electron chi connectivity index (χ2n) is 4.25. The third-order valence-corrected chi connectivity index (χ3v) is 3.01. The average Bonchev–Trinajstić information content (AvgIpc) is 2.83. The van der Waals surface area contributed by atoms with E-state index in [4.69, 9.17) is 16.7 Å². The lowest BCUT2D eigenvalue weighted by molar-refractivity contribution is -0.136. The van der Waals surface area contributed by atoms with Crippen molar-refractivity contribution in [3.05, 3.63) is 58.4 Å². The van der Waals surface area contributed by atoms with E-state index in [-0.39, 0.29) is 18.9 Å². The Bertz CT molecular complexity index is 637. The van der Waals surface area contributed by atoms with Gasteiger partial charge in [-0.15, -0.1) is 0 Å². The number of aromatic amines is 1. The maximum Gasteiger partial charge on any atom is 0.307 e. The molecule has 1 aromatic carbocycles. The number of aromatic nitrogens is 1. The molecule has 0 saturated carbocycles. The van der Waals surface area contributed by atoms with E-state index in [1.165, 1.54) is 12.3 Å². The van der Waals surface area contributed by atoms with Gasteiger partial charge in [-0.2, -0.15) is 0 Å². The molecule has 0 spiro atoms. The van der Waals surface area contributed by atoms with Crippen LogP contribution in [0.4, 0.5) is 0 Å². The minimum absolute atomic E-state index is 0.0691. The summed E-state index contributed by atoms with van der Waals surface area (Å²) in [6.07, 6.45) is 1.45. The van der Waals surface area contributed by atoms with Crippen molar-refractivity contribution in [2.45, 2.75) is 13.0 Å². The van der Waals surface area contributed by atoms with E-state index in [2.05, 4.69) is 10.3 Å². The molecule has 3 N–H and O–H groups in total. The van der Waals surface area contributed by atoms with Gasteiger partial charge in [0.15, 0.2) is 0 Å². The number of aliphatic carboxylic acids is 1. The van der Waals surface area contributed by atoms with E-state index >= 15 is 0 Å². The molecular weight excluding hydrogens is 280 g/mol. The van der Waals surface area contributed by atoms with Crippen molar-refractivity contribution in [2.24, 2.45) is 0 Å². The van der Waals surface area contributed by atoms with Crippen molar-refractivity contribution < 1.29 is 14.7 Å². The van der Waals surface area contributed by atoms with Crippen molar-refractivity contribution in [3.8, 4) is 0 Å². The fourth-order valence-corrected chi connectivity index (χ4v) is 2.00. The van der Waals surface area contributed by atoms with Gasteiger partial charge < -0.3 is 15.4 Å². The van der Waals surface area contributed by atoms with Gasteiger partial charge in [0, 0.05) is 12.7 Å². The number of carboxylic acids is 1. The number of rotatable bonds is 5. The van der Waals surface area contributed by atoms with Gasteiger partial charge in [0.05, 0.1) is 11.4 Å². The summed E-state index contributed by atoms with van der Waals surface area (Å²) in [6.45, 7) is 0.263. The molecule has 0 unspecified atom stereocenters. The normalized spacial score (nSPS) is 10.2. The summed E-state index contributed by atoms with van der Waals surface area (Å²) in [6, 6.07) is 8.63. The second-order valence-corrected chi connectivity index (χ2v) is 4.69. The van der Waals surface area contributed by atoms with Crippen LogP contribution in [0.2, 0.25) is 5.02 Å². The van der Waals surface area contributed by atoms with E-state index in [1.54, 1.807) is 24.3 Å². The molecule has 0 aliphatic carbocycles. The number of amides is 1. The number of hydrogen-bond acceptors (Lipinski definition) is 2. The van der Waals surface area contributed by atoms with Gasteiger partial charge >= 0.3 is 5.97 Å². The van der Waals surface area contributed by atoms with Gasteiger partial charge in [0.1, 0.15) is 5.69 Å². The minimum atomic E-state index is -0.903. The highest BCUT2D eigenvalue weighted by Gasteiger charge is 2.10. The Morgan fingerprint density at radius 1 is 1.25 bits per heavy atom. The Balaban J connectivity index is 2.03. The van der Waals surface area contributed by atoms with Crippen molar-refractivity contribution in [1.29, 1.82) is 0 Å². The highest BCUT2D eigenvalue weighted by atomic mass is 35.5. The smallest absolute Gasteiger partial charge is 0.307 e. The molecule has 1 heterocycles. The second kappa shape index (κ2) is 6.25. The highest BCUT2D eigenvalue weighted by molar-refractivity contribution is 6.30. The molecule has 1 aromatic heterocycles. The molecule has 6 heteroatoms. The van der Waals surface area contributed by atoms with Crippen LogP contribution in [0.1, 0.15) is 21.6 Å². The Labute approximate surface area is 120 Å². The van der Waals surface area contributed by atoms with Crippen LogP contribution in [0, 0.1) is 0 Å². The molecule has 104 valence electrons. The maximum atomic E-state index is 11.8. The zero-order chi connectivity index (χ0) is 14.5. The minimum Gasteiger partial charge on any atom is -0.481 e. The molecule has 5 nitrogen and oxygen atoms in total. The first-order valence-electron chi connectivity index (χ1n) is 5.97. The van der Waals surface area contributed by atoms with E-state index in [9.17, 15) is 9.59 Å². The molecule has 0 bridgehead atoms. The van der Waals surface area contributed by atoms with Crippen LogP contribution in [-0.4, -0.2) is 22.0 Å². The fraction of sp³-hybridized carbons (Fsp3) is 0.143. The number of carboxylic acid groups (broad SMARTS) is 1. The van der Waals surface area contributed by atoms with Crippen LogP contribution >= 0.6 is 11.6 Å². The number of carbonyl (C=O) groups is 2. The van der Waals surface area contributed by atoms with Crippen LogP contribution in [0.25, 0.3) is 0 Å². The molecule has 0 fully saturated rings. The van der Waals surface area contributed by atoms with Crippen molar-refractivity contribution in [1.82, 2.24) is 10.3 Å². The molecule has 1 amide bonds. The molecule has 0 aliphatic rings. The SMILES string of the molecule is O=C(O)Cc1ccccc1CNC(=O)c1cc(Cl)c[nH]1. The van der Waals surface area contributed by atoms with Crippen LogP contribution < -0.4 is 5.32 Å². The van der Waals surface area contributed by atoms with Gasteiger partial charge in [-0.25, -0.2) is 0 Å². The first kappa shape index (κ1) is 14.1. The quantitative estimate of drug-likeness (QED) is 0.790. The summed E-state index contributed by atoms with van der Waals surface area (Å²) in [5.74, 6) is -1.19. The number of carbonyl (C=O) groups excluding carboxylic acids is 1. The van der Waals surface area contributed by atoms with Crippen LogP contribution in [-0.2, 0) is 17.8 Å². The third-order valence-electron chi connectivity index (χ3n) is 2.79. The lowest BCUT2D eigenvalue weighted by atomic mass is 10.0. The number of benzene rings is 1. The summed E-state index contributed by atoms with van der Waals surface area (Å²) in [5, 5.41) is 12.0. The first-order chi connectivity index (χ1) is 9.56. The van der Waals surface area contributed by atoms with Gasteiger partial charge in [-0.05, 0) is 17.2 Å². The predicted octanol–water partition coefficient (Wildman–Crippen LogP) is 2.23. The number of nitrogens with one attached hydrogen (secondary N) is 2. The Kier molecular flexibility index (Phi) is 4.42. The summed E-state index contributed by atoms with van der Waals surface area (Å²) in [5.41, 5.74) is 1.83. The van der Waals surface area contributed by atoms with Crippen molar-refractivity contribution in [3.63, 3.8) is 0 Å². The average molecular weight is 293 g/mol. The van der Waals surface area contributed by atoms with Crippen molar-refractivity contribution in [2.75, 3.05) is 0 Å². The molecule has 0 atom stereocenters. The molecule has 0 saturated heterocycles. The van der Waals surface area contributed by atoms with E-state index in [0.717, 1.165) is 5.56 Å². The molecule has 0 radical (unpaired) electrons. The van der Waals surface area contributed by atoms with Gasteiger partial charge in [-0.1, -0.05) is 35.9 Å². The predicted molar refractivity (Wildman–Crippen MR) is 74.8 cm³/mol. The number of halogens is 1. The largest absolute Gasteiger partial charge is 0.481 e. The first-order valence-corrected chi connectivity index (χ1v) is 6.35. The van der Waals surface area contributed by atoms with Gasteiger partial charge in [0.2, 0.25) is 0 Å². The lowest BCUT2D eigenvalue weighted by Gasteiger charge is -2.08. The van der Waals surface area contributed by atoms with Crippen LogP contribution in [0.5, 0.6) is 0 Å². The topological polar surface area (TPSA) is 82.2 Å². The zero-order valence-corrected chi connectivity index (χ0v) is 11.3. The molecule has 2 aromatic rings. The van der Waals surface area contributed by atoms with Crippen LogP contribution in [0.3, 0.4) is 0 Å². The monoisotopic (exact) mass is 292 g/mol. The van der Waals surface area contributed by atoms with E-state index < -0.39 is 5.97 Å². The maximum absolute atomic E-state index is 11.8. The Hall–Kier alpha value is -2.27. The summed E-state index contributed by atoms with van der Waals surface area (Å²) < 4.78 is 0. The summed E-state index contributed by atoms with van der Waals surface area (Å²) in [7, 11) is 0. The third kappa shape index (κ3) is 3.61. The Morgan fingerprint density at radius 3 is 2.55 bits per heavy atom. The molecule has 2 rings (SSSR count). The standard InChI is InChI=1S/C14H13ClN2O3/c15-11-6-12(16-8-11)14(20)17-7-10-4-2-1-3-9(10)5-13(18)19/h1-4,6,8,16H,5,7H2,(H,17,20)(H,18,19). The van der Waals surface area contributed by atoms with Crippen LogP contribution in [0.15, 0.2) is 36.5 Å². The van der Waals surface area contributed by atoms with E-state index in [1.807, 2.05) is 0 Å². The highest BCUT2D eigenvalue weighted by Crippen LogP contribution is 2.11. The molecule has 0 aliphatic heterocycles. The molecule has 20 heavy (non-hydrogen) atoms. The Morgan fingerprint density at radius 2 is 1.95 bits per heavy atom. The van der Waals surface area contributed by atoms with E-state index in [0.29, 0.717) is 16.3 Å².